The van der Waals surface area contributed by atoms with Crippen LogP contribution in [0.15, 0.2) is 23.1 Å². The molecule has 1 aliphatic rings. The number of rotatable bonds is 4. The summed E-state index contributed by atoms with van der Waals surface area (Å²) in [5.74, 6) is -0.0946. The van der Waals surface area contributed by atoms with Gasteiger partial charge in [-0.3, -0.25) is 9.00 Å². The first kappa shape index (κ1) is 14.1. The lowest BCUT2D eigenvalue weighted by Gasteiger charge is -2.12. The van der Waals surface area contributed by atoms with E-state index in [9.17, 15) is 9.00 Å². The summed E-state index contributed by atoms with van der Waals surface area (Å²) < 4.78 is 12.2. The topological polar surface area (TPSA) is 72.2 Å². The molecule has 5 heteroatoms. The van der Waals surface area contributed by atoms with Crippen molar-refractivity contribution in [1.29, 1.82) is 0 Å². The first-order valence-electron chi connectivity index (χ1n) is 6.60. The van der Waals surface area contributed by atoms with Crippen molar-refractivity contribution in [2.45, 2.75) is 43.5 Å². The largest absolute Gasteiger partial charge is 0.399 e. The van der Waals surface area contributed by atoms with Gasteiger partial charge in [0, 0.05) is 16.6 Å². The molecule has 1 amide bonds. The zero-order chi connectivity index (χ0) is 13.8. The fourth-order valence-corrected chi connectivity index (χ4v) is 3.58. The molecule has 3 N–H and O–H groups in total. The van der Waals surface area contributed by atoms with Crippen LogP contribution in [0.4, 0.5) is 5.69 Å². The molecule has 0 bridgehead atoms. The maximum atomic E-state index is 12.2. The molecule has 0 aliphatic heterocycles. The molecular weight excluding hydrogens is 260 g/mol. The van der Waals surface area contributed by atoms with Gasteiger partial charge in [0.2, 0.25) is 5.91 Å². The van der Waals surface area contributed by atoms with Gasteiger partial charge in [0.1, 0.15) is 5.75 Å². The Kier molecular flexibility index (Phi) is 4.58. The van der Waals surface area contributed by atoms with Crippen molar-refractivity contribution in [3.63, 3.8) is 0 Å². The normalized spacial score (nSPS) is 17.3. The number of aryl methyl sites for hydroxylation is 1. The lowest BCUT2D eigenvalue weighted by atomic mass is 10.2. The van der Waals surface area contributed by atoms with Gasteiger partial charge in [-0.05, 0) is 43.5 Å². The SMILES string of the molecule is Cc1cc(N)ccc1S(=O)CC(=O)NC1CCCC1. The predicted molar refractivity (Wildman–Crippen MR) is 77.3 cm³/mol. The number of anilines is 1. The highest BCUT2D eigenvalue weighted by molar-refractivity contribution is 7.85. The zero-order valence-electron chi connectivity index (χ0n) is 11.1. The van der Waals surface area contributed by atoms with E-state index in [1.807, 2.05) is 6.92 Å². The number of benzene rings is 1. The Labute approximate surface area is 116 Å². The van der Waals surface area contributed by atoms with Gasteiger partial charge in [-0.1, -0.05) is 12.8 Å². The summed E-state index contributed by atoms with van der Waals surface area (Å²) in [6.45, 7) is 1.86. The van der Waals surface area contributed by atoms with Crippen LogP contribution in [0.5, 0.6) is 0 Å². The van der Waals surface area contributed by atoms with Crippen LogP contribution in [-0.4, -0.2) is 21.9 Å². The van der Waals surface area contributed by atoms with Crippen LogP contribution in [0, 0.1) is 6.92 Å². The van der Waals surface area contributed by atoms with E-state index in [2.05, 4.69) is 5.32 Å². The fraction of sp³-hybridized carbons (Fsp3) is 0.500. The summed E-state index contributed by atoms with van der Waals surface area (Å²) in [7, 11) is -1.30. The highest BCUT2D eigenvalue weighted by Gasteiger charge is 2.19. The molecule has 0 saturated heterocycles. The average Bonchev–Trinajstić information content (AvgIpc) is 2.81. The van der Waals surface area contributed by atoms with Crippen molar-refractivity contribution in [2.75, 3.05) is 11.5 Å². The molecule has 1 fully saturated rings. The summed E-state index contributed by atoms with van der Waals surface area (Å²) in [5.41, 5.74) is 7.17. The van der Waals surface area contributed by atoms with E-state index in [-0.39, 0.29) is 17.7 Å². The van der Waals surface area contributed by atoms with Crippen LogP contribution in [0.1, 0.15) is 31.2 Å². The molecule has 0 spiro atoms. The van der Waals surface area contributed by atoms with Crippen LogP contribution in [-0.2, 0) is 15.6 Å². The van der Waals surface area contributed by atoms with Gasteiger partial charge in [0.05, 0.1) is 10.8 Å². The molecule has 1 atom stereocenters. The minimum absolute atomic E-state index is 0.0290. The molecule has 1 aromatic rings. The summed E-state index contributed by atoms with van der Waals surface area (Å²) in [4.78, 5) is 12.5. The molecule has 0 radical (unpaired) electrons. The van der Waals surface area contributed by atoms with E-state index in [1.165, 1.54) is 12.8 Å². The van der Waals surface area contributed by atoms with Gasteiger partial charge in [0.15, 0.2) is 0 Å². The number of hydrogen-bond acceptors (Lipinski definition) is 3. The zero-order valence-corrected chi connectivity index (χ0v) is 12.0. The quantitative estimate of drug-likeness (QED) is 0.825. The summed E-state index contributed by atoms with van der Waals surface area (Å²) in [6.07, 6.45) is 4.43. The Morgan fingerprint density at radius 2 is 2.11 bits per heavy atom. The van der Waals surface area contributed by atoms with Gasteiger partial charge in [0.25, 0.3) is 0 Å². The van der Waals surface area contributed by atoms with Crippen LogP contribution < -0.4 is 11.1 Å². The third-order valence-corrected chi connectivity index (χ3v) is 4.90. The van der Waals surface area contributed by atoms with E-state index in [1.54, 1.807) is 18.2 Å². The minimum atomic E-state index is -1.30. The lowest BCUT2D eigenvalue weighted by molar-refractivity contribution is -0.119. The third kappa shape index (κ3) is 3.80. The molecule has 1 aromatic carbocycles. The van der Waals surface area contributed by atoms with Crippen molar-refractivity contribution in [2.24, 2.45) is 0 Å². The molecule has 1 aliphatic carbocycles. The molecule has 104 valence electrons. The number of hydrogen-bond donors (Lipinski definition) is 2. The molecule has 1 unspecified atom stereocenters. The average molecular weight is 280 g/mol. The van der Waals surface area contributed by atoms with E-state index >= 15 is 0 Å². The highest BCUT2D eigenvalue weighted by atomic mass is 32.2. The van der Waals surface area contributed by atoms with Crippen LogP contribution in [0.3, 0.4) is 0 Å². The van der Waals surface area contributed by atoms with Crippen molar-refractivity contribution in [1.82, 2.24) is 5.32 Å². The van der Waals surface area contributed by atoms with Crippen LogP contribution in [0.25, 0.3) is 0 Å². The van der Waals surface area contributed by atoms with Crippen molar-refractivity contribution in [3.8, 4) is 0 Å². The molecule has 0 heterocycles. The van der Waals surface area contributed by atoms with Crippen LogP contribution >= 0.6 is 0 Å². The number of carbonyl (C=O) groups is 1. The second-order valence-corrected chi connectivity index (χ2v) is 6.48. The standard InChI is InChI=1S/C14H20N2O2S/c1-10-8-11(15)6-7-13(10)19(18)9-14(17)16-12-4-2-3-5-12/h6-8,12H,2-5,9,15H2,1H3,(H,16,17). The predicted octanol–water partition coefficient (Wildman–Crippen LogP) is 1.74. The summed E-state index contributed by atoms with van der Waals surface area (Å²) in [5, 5.41) is 2.95. The molecule has 1 saturated carbocycles. The monoisotopic (exact) mass is 280 g/mol. The van der Waals surface area contributed by atoms with Gasteiger partial charge in [-0.15, -0.1) is 0 Å². The Balaban J connectivity index is 1.94. The smallest absolute Gasteiger partial charge is 0.233 e. The van der Waals surface area contributed by atoms with Gasteiger partial charge in [-0.25, -0.2) is 0 Å². The summed E-state index contributed by atoms with van der Waals surface area (Å²) >= 11 is 0. The van der Waals surface area contributed by atoms with Gasteiger partial charge >= 0.3 is 0 Å². The Hall–Kier alpha value is -1.36. The summed E-state index contributed by atoms with van der Waals surface area (Å²) in [6, 6.07) is 5.51. The van der Waals surface area contributed by atoms with Crippen LogP contribution in [0.2, 0.25) is 0 Å². The molecule has 19 heavy (non-hydrogen) atoms. The van der Waals surface area contributed by atoms with Crippen molar-refractivity contribution >= 4 is 22.4 Å². The molecule has 4 nitrogen and oxygen atoms in total. The number of carbonyl (C=O) groups excluding carboxylic acids is 1. The maximum Gasteiger partial charge on any atom is 0.233 e. The molecule has 0 aromatic heterocycles. The van der Waals surface area contributed by atoms with Gasteiger partial charge < -0.3 is 11.1 Å². The number of nitrogen functional groups attached to an aromatic ring is 1. The Morgan fingerprint density at radius 3 is 2.74 bits per heavy atom. The second kappa shape index (κ2) is 6.19. The first-order chi connectivity index (χ1) is 9.06. The lowest BCUT2D eigenvalue weighted by Crippen LogP contribution is -2.35. The highest BCUT2D eigenvalue weighted by Crippen LogP contribution is 2.18. The van der Waals surface area contributed by atoms with Crippen molar-refractivity contribution in [3.05, 3.63) is 23.8 Å². The second-order valence-electron chi connectivity index (χ2n) is 5.06. The van der Waals surface area contributed by atoms with E-state index in [0.29, 0.717) is 10.6 Å². The first-order valence-corrected chi connectivity index (χ1v) is 7.92. The van der Waals surface area contributed by atoms with E-state index in [0.717, 1.165) is 18.4 Å². The molecule has 2 rings (SSSR count). The third-order valence-electron chi connectivity index (χ3n) is 3.43. The van der Waals surface area contributed by atoms with E-state index < -0.39 is 10.8 Å². The van der Waals surface area contributed by atoms with Gasteiger partial charge in [-0.2, -0.15) is 0 Å². The Bertz CT molecular complexity index is 496. The van der Waals surface area contributed by atoms with E-state index in [4.69, 9.17) is 5.73 Å². The fourth-order valence-electron chi connectivity index (χ4n) is 2.46. The number of nitrogens with one attached hydrogen (secondary N) is 1. The minimum Gasteiger partial charge on any atom is -0.399 e. The van der Waals surface area contributed by atoms with Crippen molar-refractivity contribution < 1.29 is 9.00 Å². The Morgan fingerprint density at radius 1 is 1.42 bits per heavy atom. The number of nitrogens with two attached hydrogens (primary N) is 1. The number of amides is 1. The maximum absolute atomic E-state index is 12.2. The molecular formula is C14H20N2O2S.